The van der Waals surface area contributed by atoms with E-state index in [0.717, 1.165) is 91.3 Å². The Labute approximate surface area is 296 Å². The predicted octanol–water partition coefficient (Wildman–Crippen LogP) is 4.14. The second-order valence-corrected chi connectivity index (χ2v) is 16.9. The number of aromatic nitrogens is 1. The first-order valence-corrected chi connectivity index (χ1v) is 19.4. The van der Waals surface area contributed by atoms with E-state index in [2.05, 4.69) is 76.5 Å². The number of nitrogens with zero attached hydrogens (tertiary/aromatic N) is 5. The standard InChI is InChI=1S/C39H56N6O3S/c1-26-20-27(2)22-30(21-26)35-32(33-23-34(49-38(33)40-35)39(4,5)37(48)36-29-6-10-45(36)11-7-29)8-9-41-12-14-42(15-13-41)24-31(47)25-43-16-18-44(19-17-43)28(3)46/h20-23,29,31,36,40,47H,6-19,24-25H2,1-5H3. The van der Waals surface area contributed by atoms with Crippen LogP contribution < -0.4 is 0 Å². The number of aryl methyl sites for hydroxylation is 2. The van der Waals surface area contributed by atoms with Gasteiger partial charge in [-0.05, 0) is 95.3 Å². The topological polar surface area (TPSA) is 86.4 Å². The van der Waals surface area contributed by atoms with Gasteiger partial charge in [-0.2, -0.15) is 0 Å². The summed E-state index contributed by atoms with van der Waals surface area (Å²) in [7, 11) is 0. The molecule has 2 bridgehead atoms. The number of aromatic amines is 1. The number of hydrogen-bond donors (Lipinski definition) is 2. The van der Waals surface area contributed by atoms with Crippen molar-refractivity contribution in [1.82, 2.24) is 29.5 Å². The van der Waals surface area contributed by atoms with Crippen molar-refractivity contribution >= 4 is 33.2 Å². The first-order chi connectivity index (χ1) is 23.5. The number of hydrogen-bond acceptors (Lipinski definition) is 8. The highest BCUT2D eigenvalue weighted by atomic mass is 32.1. The van der Waals surface area contributed by atoms with E-state index in [9.17, 15) is 14.7 Å². The molecule has 4 fully saturated rings. The number of thiophene rings is 1. The van der Waals surface area contributed by atoms with E-state index in [1.165, 1.54) is 43.0 Å². The van der Waals surface area contributed by atoms with Crippen LogP contribution in [-0.4, -0.2) is 144 Å². The minimum atomic E-state index is -0.512. The third-order valence-electron chi connectivity index (χ3n) is 11.9. The van der Waals surface area contributed by atoms with E-state index in [4.69, 9.17) is 0 Å². The van der Waals surface area contributed by atoms with Gasteiger partial charge in [0.05, 0.1) is 23.3 Å². The van der Waals surface area contributed by atoms with Crippen molar-refractivity contribution in [3.63, 3.8) is 0 Å². The highest BCUT2D eigenvalue weighted by Gasteiger charge is 2.49. The Hall–Kier alpha value is -2.60. The minimum absolute atomic E-state index is 0.0870. The smallest absolute Gasteiger partial charge is 0.219 e. The molecule has 4 aliphatic rings. The van der Waals surface area contributed by atoms with Crippen LogP contribution in [0.15, 0.2) is 24.3 Å². The molecule has 0 spiro atoms. The summed E-state index contributed by atoms with van der Waals surface area (Å²) in [4.78, 5) is 43.5. The summed E-state index contributed by atoms with van der Waals surface area (Å²) in [5.41, 5.74) is 5.84. The van der Waals surface area contributed by atoms with Gasteiger partial charge in [0, 0.05) is 89.2 Å². The van der Waals surface area contributed by atoms with Crippen LogP contribution in [0.2, 0.25) is 0 Å². The highest BCUT2D eigenvalue weighted by Crippen LogP contribution is 2.44. The highest BCUT2D eigenvalue weighted by molar-refractivity contribution is 7.19. The maximum Gasteiger partial charge on any atom is 0.219 e. The van der Waals surface area contributed by atoms with Crippen molar-refractivity contribution in [3.8, 4) is 11.3 Å². The number of nitrogens with one attached hydrogen (secondary N) is 1. The van der Waals surface area contributed by atoms with Crippen molar-refractivity contribution in [2.45, 2.75) is 71.4 Å². The first-order valence-electron chi connectivity index (χ1n) is 18.6. The van der Waals surface area contributed by atoms with Crippen LogP contribution in [0.4, 0.5) is 0 Å². The molecule has 1 amide bonds. The van der Waals surface area contributed by atoms with Crippen LogP contribution >= 0.6 is 11.3 Å². The summed E-state index contributed by atoms with van der Waals surface area (Å²) in [5, 5.41) is 12.2. The SMILES string of the molecule is CC(=O)N1CCN(CC(O)CN2CCN(CCc3c(-c4cc(C)cc(C)c4)[nH]c4sc(C(C)(C)C(=O)C5C6CCN5CC6)cc34)CC2)CC1. The number of benzene rings is 1. The third kappa shape index (κ3) is 7.28. The molecule has 4 saturated heterocycles. The number of β-amino-alcohol motifs (C(OH)–C–C–N with tert-alkyl or cyclic N) is 1. The molecular formula is C39H56N6O3S. The number of piperidine rings is 1. The zero-order valence-corrected chi connectivity index (χ0v) is 31.1. The fraction of sp³-hybridized carbons (Fsp3) is 0.641. The van der Waals surface area contributed by atoms with Gasteiger partial charge in [0.25, 0.3) is 0 Å². The van der Waals surface area contributed by atoms with Gasteiger partial charge in [-0.3, -0.25) is 24.3 Å². The van der Waals surface area contributed by atoms with Crippen molar-refractivity contribution in [3.05, 3.63) is 45.8 Å². The van der Waals surface area contributed by atoms with Crippen LogP contribution in [0.25, 0.3) is 21.5 Å². The average Bonchev–Trinajstić information content (AvgIpc) is 3.85. The average molecular weight is 689 g/mol. The lowest BCUT2D eigenvalue weighted by atomic mass is 9.79. The quantitative estimate of drug-likeness (QED) is 0.314. The van der Waals surface area contributed by atoms with E-state index >= 15 is 0 Å². The maximum atomic E-state index is 14.0. The number of Topliss-reactive ketones (excluding diaryl/α,β-unsaturated/α-hetero) is 1. The van der Waals surface area contributed by atoms with E-state index in [1.807, 2.05) is 4.90 Å². The lowest BCUT2D eigenvalue weighted by Gasteiger charge is -2.38. The van der Waals surface area contributed by atoms with Crippen molar-refractivity contribution < 1.29 is 14.7 Å². The van der Waals surface area contributed by atoms with E-state index in [1.54, 1.807) is 18.3 Å². The van der Waals surface area contributed by atoms with Gasteiger partial charge in [-0.1, -0.05) is 17.2 Å². The molecule has 10 heteroatoms. The van der Waals surface area contributed by atoms with E-state index < -0.39 is 5.41 Å². The molecular weight excluding hydrogens is 633 g/mol. The van der Waals surface area contributed by atoms with Gasteiger partial charge in [0.1, 0.15) is 4.83 Å². The number of piperazine rings is 2. The molecule has 3 aromatic rings. The second kappa shape index (κ2) is 14.2. The third-order valence-corrected chi connectivity index (χ3v) is 13.3. The van der Waals surface area contributed by atoms with Crippen LogP contribution in [0.3, 0.4) is 0 Å². The Morgan fingerprint density at radius 2 is 1.47 bits per heavy atom. The van der Waals surface area contributed by atoms with Crippen LogP contribution in [0.5, 0.6) is 0 Å². The van der Waals surface area contributed by atoms with Crippen molar-refractivity contribution in [2.75, 3.05) is 85.1 Å². The molecule has 4 aliphatic heterocycles. The number of fused-ring (bicyclic) bond motifs is 3. The molecule has 2 aromatic heterocycles. The Bertz CT molecular complexity index is 1620. The van der Waals surface area contributed by atoms with Crippen LogP contribution in [0, 0.1) is 19.8 Å². The molecule has 2 N–H and O–H groups in total. The molecule has 2 unspecified atom stereocenters. The molecule has 49 heavy (non-hydrogen) atoms. The Balaban J connectivity index is 1.02. The summed E-state index contributed by atoms with van der Waals surface area (Å²) in [6.07, 6.45) is 2.89. The Kier molecular flexibility index (Phi) is 10.1. The number of carbonyl (C=O) groups is 2. The second-order valence-electron chi connectivity index (χ2n) is 15.9. The number of aliphatic hydroxyl groups excluding tert-OH is 1. The summed E-state index contributed by atoms with van der Waals surface area (Å²) in [6, 6.07) is 9.23. The summed E-state index contributed by atoms with van der Waals surface area (Å²) < 4.78 is 0. The van der Waals surface area contributed by atoms with Crippen molar-refractivity contribution in [1.29, 1.82) is 0 Å². The predicted molar refractivity (Wildman–Crippen MR) is 198 cm³/mol. The van der Waals surface area contributed by atoms with Gasteiger partial charge in [-0.25, -0.2) is 0 Å². The monoisotopic (exact) mass is 688 g/mol. The molecule has 0 aliphatic carbocycles. The molecule has 9 nitrogen and oxygen atoms in total. The molecule has 0 radical (unpaired) electrons. The Morgan fingerprint density at radius 1 is 0.878 bits per heavy atom. The molecule has 1 aromatic carbocycles. The number of H-pyrrole nitrogens is 1. The number of ketones is 1. The lowest BCUT2D eigenvalue weighted by Crippen LogP contribution is -2.53. The van der Waals surface area contributed by atoms with Crippen LogP contribution in [0.1, 0.15) is 55.2 Å². The summed E-state index contributed by atoms with van der Waals surface area (Å²) in [5.74, 6) is 1.06. The summed E-state index contributed by atoms with van der Waals surface area (Å²) in [6.45, 7) is 21.8. The molecule has 6 heterocycles. The minimum Gasteiger partial charge on any atom is -0.390 e. The number of aliphatic hydroxyl groups is 1. The normalized spacial score (nSPS) is 24.7. The van der Waals surface area contributed by atoms with Gasteiger partial charge in [0.2, 0.25) is 5.91 Å². The fourth-order valence-electron chi connectivity index (χ4n) is 9.01. The number of carbonyl (C=O) groups excluding carboxylic acids is 2. The van der Waals surface area contributed by atoms with Gasteiger partial charge < -0.3 is 19.9 Å². The summed E-state index contributed by atoms with van der Waals surface area (Å²) >= 11 is 1.77. The van der Waals surface area contributed by atoms with Crippen molar-refractivity contribution in [2.24, 2.45) is 5.92 Å². The number of amides is 1. The molecule has 0 saturated carbocycles. The van der Waals surface area contributed by atoms with Gasteiger partial charge >= 0.3 is 0 Å². The Morgan fingerprint density at radius 3 is 2.04 bits per heavy atom. The van der Waals surface area contributed by atoms with Crippen LogP contribution in [-0.2, 0) is 21.4 Å². The number of rotatable bonds is 11. The van der Waals surface area contributed by atoms with E-state index in [0.29, 0.717) is 24.8 Å². The largest absolute Gasteiger partial charge is 0.390 e. The van der Waals surface area contributed by atoms with E-state index in [-0.39, 0.29) is 18.1 Å². The van der Waals surface area contributed by atoms with Gasteiger partial charge in [0.15, 0.2) is 5.78 Å². The molecule has 2 atom stereocenters. The fourth-order valence-corrected chi connectivity index (χ4v) is 10.2. The lowest BCUT2D eigenvalue weighted by molar-refractivity contribution is -0.130. The first kappa shape index (κ1) is 34.8. The van der Waals surface area contributed by atoms with Gasteiger partial charge in [-0.15, -0.1) is 11.3 Å². The zero-order valence-electron chi connectivity index (χ0n) is 30.3. The molecule has 266 valence electrons. The maximum absolute atomic E-state index is 14.0. The zero-order chi connectivity index (χ0) is 34.4. The molecule has 7 rings (SSSR count).